The van der Waals surface area contributed by atoms with Crippen LogP contribution in [0.25, 0.3) is 0 Å². The van der Waals surface area contributed by atoms with Gasteiger partial charge >= 0.3 is 6.18 Å². The molecule has 7 nitrogen and oxygen atoms in total. The van der Waals surface area contributed by atoms with Gasteiger partial charge in [0, 0.05) is 24.8 Å². The summed E-state index contributed by atoms with van der Waals surface area (Å²) in [4.78, 5) is 0.319. The Morgan fingerprint density at radius 3 is 2.19 bits per heavy atom. The topological polar surface area (TPSA) is 102 Å². The van der Waals surface area contributed by atoms with Crippen LogP contribution >= 0.6 is 0 Å². The van der Waals surface area contributed by atoms with Gasteiger partial charge in [-0.3, -0.25) is 4.90 Å². The van der Waals surface area contributed by atoms with Crippen molar-refractivity contribution in [3.8, 4) is 0 Å². The summed E-state index contributed by atoms with van der Waals surface area (Å²) in [7, 11) is -8.52. The lowest BCUT2D eigenvalue weighted by molar-refractivity contribution is -0.147. The number of hydrogen-bond acceptors (Lipinski definition) is 5. The first-order valence-electron chi connectivity index (χ1n) is 7.66. The number of sulfonamides is 1. The van der Waals surface area contributed by atoms with Crippen molar-refractivity contribution in [2.75, 3.05) is 6.54 Å². The van der Waals surface area contributed by atoms with Crippen LogP contribution in [0.2, 0.25) is 0 Å². The molecule has 27 heavy (non-hydrogen) atoms. The van der Waals surface area contributed by atoms with E-state index in [9.17, 15) is 30.0 Å². The lowest BCUT2D eigenvalue weighted by Crippen LogP contribution is -2.31. The Kier molecular flexibility index (Phi) is 4.65. The van der Waals surface area contributed by atoms with E-state index in [-0.39, 0.29) is 29.2 Å². The monoisotopic (exact) mass is 423 g/mol. The number of aromatic nitrogens is 1. The van der Waals surface area contributed by atoms with Gasteiger partial charge in [0.2, 0.25) is 10.0 Å². The maximum atomic E-state index is 12.9. The highest BCUT2D eigenvalue weighted by Crippen LogP contribution is 2.34. The Morgan fingerprint density at radius 2 is 1.67 bits per heavy atom. The van der Waals surface area contributed by atoms with E-state index >= 15 is 0 Å². The van der Waals surface area contributed by atoms with Crippen molar-refractivity contribution in [2.45, 2.75) is 36.0 Å². The number of alkyl halides is 3. The van der Waals surface area contributed by atoms with Crippen molar-refractivity contribution >= 4 is 20.0 Å². The summed E-state index contributed by atoms with van der Waals surface area (Å²) in [5.41, 5.74) is 0.745. The molecule has 0 spiro atoms. The Balaban J connectivity index is 2.12. The molecule has 0 amide bonds. The van der Waals surface area contributed by atoms with E-state index in [0.717, 1.165) is 16.7 Å². The average molecular weight is 423 g/mol. The summed E-state index contributed by atoms with van der Waals surface area (Å²) in [5.74, 6) is 0. The molecular formula is C15H16F3N3O4S2. The maximum absolute atomic E-state index is 12.9. The smallest absolute Gasteiger partial charge is 0.285 e. The van der Waals surface area contributed by atoms with Gasteiger partial charge in [-0.05, 0) is 19.1 Å². The van der Waals surface area contributed by atoms with Crippen molar-refractivity contribution in [3.63, 3.8) is 0 Å². The number of fused-ring (bicyclic) bond motifs is 1. The predicted octanol–water partition coefficient (Wildman–Crippen LogP) is 1.56. The number of primary sulfonamides is 1. The van der Waals surface area contributed by atoms with E-state index in [1.54, 1.807) is 19.1 Å². The van der Waals surface area contributed by atoms with E-state index in [2.05, 4.69) is 0 Å². The number of nitrogens with zero attached hydrogens (tertiary/aromatic N) is 2. The van der Waals surface area contributed by atoms with E-state index in [1.165, 1.54) is 12.1 Å². The highest BCUT2D eigenvalue weighted by atomic mass is 32.2. The molecule has 0 atom stereocenters. The van der Waals surface area contributed by atoms with Crippen molar-refractivity contribution in [1.82, 2.24) is 8.87 Å². The second kappa shape index (κ2) is 6.33. The van der Waals surface area contributed by atoms with Crippen LogP contribution in [0.3, 0.4) is 0 Å². The van der Waals surface area contributed by atoms with Gasteiger partial charge < -0.3 is 0 Å². The predicted molar refractivity (Wildman–Crippen MR) is 89.7 cm³/mol. The molecule has 148 valence electrons. The van der Waals surface area contributed by atoms with Gasteiger partial charge in [-0.15, -0.1) is 0 Å². The van der Waals surface area contributed by atoms with E-state index in [4.69, 9.17) is 5.14 Å². The van der Waals surface area contributed by atoms with Gasteiger partial charge in [0.15, 0.2) is 0 Å². The minimum Gasteiger partial charge on any atom is -0.285 e. The fourth-order valence-corrected chi connectivity index (χ4v) is 5.27. The molecule has 12 heteroatoms. The first-order chi connectivity index (χ1) is 12.3. The van der Waals surface area contributed by atoms with Crippen LogP contribution in [0.5, 0.6) is 0 Å². The number of nitrogens with two attached hydrogens (primary N) is 1. The Hall–Kier alpha value is -1.89. The molecule has 3 rings (SSSR count). The lowest BCUT2D eigenvalue weighted by atomic mass is 10.2. The van der Waals surface area contributed by atoms with Crippen molar-refractivity contribution in [2.24, 2.45) is 5.14 Å². The number of aryl methyl sites for hydroxylation is 1. The summed E-state index contributed by atoms with van der Waals surface area (Å²) in [6.07, 6.45) is -3.65. The zero-order chi connectivity index (χ0) is 20.2. The fourth-order valence-electron chi connectivity index (χ4n) is 3.01. The second-order valence-corrected chi connectivity index (χ2v) is 9.68. The summed E-state index contributed by atoms with van der Waals surface area (Å²) in [5, 5.41) is 5.14. The molecule has 1 aromatic carbocycles. The van der Waals surface area contributed by atoms with Crippen LogP contribution in [0.1, 0.15) is 16.8 Å². The van der Waals surface area contributed by atoms with Gasteiger partial charge in [0.1, 0.15) is 4.90 Å². The molecule has 0 fully saturated rings. The molecule has 0 aliphatic carbocycles. The molecule has 0 saturated heterocycles. The molecule has 0 unspecified atom stereocenters. The van der Waals surface area contributed by atoms with E-state index < -0.39 is 37.7 Å². The molecule has 1 aliphatic rings. The van der Waals surface area contributed by atoms with Crippen LogP contribution in [0, 0.1) is 6.92 Å². The van der Waals surface area contributed by atoms with Gasteiger partial charge in [-0.1, -0.05) is 17.7 Å². The number of halogens is 3. The van der Waals surface area contributed by atoms with Gasteiger partial charge in [-0.2, -0.15) is 13.2 Å². The Labute approximate surface area is 154 Å². The molecule has 0 bridgehead atoms. The van der Waals surface area contributed by atoms with Gasteiger partial charge in [-0.25, -0.2) is 25.9 Å². The third-order valence-corrected chi connectivity index (χ3v) is 6.87. The highest BCUT2D eigenvalue weighted by molar-refractivity contribution is 7.90. The maximum Gasteiger partial charge on any atom is 0.401 e. The van der Waals surface area contributed by atoms with Crippen molar-refractivity contribution in [3.05, 3.63) is 47.3 Å². The van der Waals surface area contributed by atoms with Crippen molar-refractivity contribution in [1.29, 1.82) is 0 Å². The molecule has 0 saturated carbocycles. The first kappa shape index (κ1) is 19.9. The van der Waals surface area contributed by atoms with E-state index in [1.807, 2.05) is 0 Å². The third kappa shape index (κ3) is 3.88. The van der Waals surface area contributed by atoms with Crippen molar-refractivity contribution < 1.29 is 30.0 Å². The molecule has 1 aliphatic heterocycles. The number of benzene rings is 1. The standard InChI is InChI=1S/C15H16F3N3O4S2/c1-10-2-4-11(5-3-10)27(24,25)21-8-14(26(19,22)23)12-6-20(7-13(12)21)9-15(16,17)18/h2-5,8H,6-7,9H2,1H3,(H2,19,22,23). The van der Waals surface area contributed by atoms with Crippen LogP contribution in [0.4, 0.5) is 13.2 Å². The molecule has 1 aromatic heterocycles. The highest BCUT2D eigenvalue weighted by Gasteiger charge is 2.39. The largest absolute Gasteiger partial charge is 0.401 e. The molecule has 0 radical (unpaired) electrons. The van der Waals surface area contributed by atoms with Crippen LogP contribution in [-0.2, 0) is 33.1 Å². The number of rotatable bonds is 4. The molecule has 2 heterocycles. The molecular weight excluding hydrogens is 407 g/mol. The minimum absolute atomic E-state index is 0.0302. The van der Waals surface area contributed by atoms with Crippen LogP contribution in [-0.4, -0.2) is 38.4 Å². The Bertz CT molecular complexity index is 1090. The fraction of sp³-hybridized carbons (Fsp3) is 0.333. The molecule has 2 N–H and O–H groups in total. The Morgan fingerprint density at radius 1 is 1.07 bits per heavy atom. The second-order valence-electron chi connectivity index (χ2n) is 6.34. The minimum atomic E-state index is -4.51. The molecule has 2 aromatic rings. The summed E-state index contributed by atoms with van der Waals surface area (Å²) < 4.78 is 88.3. The summed E-state index contributed by atoms with van der Waals surface area (Å²) in [6.45, 7) is -0.263. The lowest BCUT2D eigenvalue weighted by Gasteiger charge is -2.18. The average Bonchev–Trinajstić information content (AvgIpc) is 3.02. The number of hydrogen-bond donors (Lipinski definition) is 1. The zero-order valence-electron chi connectivity index (χ0n) is 14.1. The van der Waals surface area contributed by atoms with Gasteiger partial charge in [0.05, 0.1) is 17.1 Å². The quantitative estimate of drug-likeness (QED) is 0.804. The van der Waals surface area contributed by atoms with Crippen LogP contribution < -0.4 is 5.14 Å². The van der Waals surface area contributed by atoms with Gasteiger partial charge in [0.25, 0.3) is 10.0 Å². The summed E-state index contributed by atoms with van der Waals surface area (Å²) >= 11 is 0. The SMILES string of the molecule is Cc1ccc(S(=O)(=O)n2cc(S(N)(=O)=O)c3c2CN(CC(F)(F)F)C3)cc1. The van der Waals surface area contributed by atoms with Crippen LogP contribution in [0.15, 0.2) is 40.3 Å². The third-order valence-electron chi connectivity index (χ3n) is 4.19. The normalized spacial score (nSPS) is 15.9. The van der Waals surface area contributed by atoms with E-state index in [0.29, 0.717) is 3.97 Å². The first-order valence-corrected chi connectivity index (χ1v) is 10.6. The zero-order valence-corrected chi connectivity index (χ0v) is 15.7. The summed E-state index contributed by atoms with van der Waals surface area (Å²) in [6, 6.07) is 5.81.